The highest BCUT2D eigenvalue weighted by molar-refractivity contribution is 5.53. The summed E-state index contributed by atoms with van der Waals surface area (Å²) in [4.78, 5) is 2.54. The minimum absolute atomic E-state index is 0. The molecule has 1 aliphatic rings. The molecule has 0 saturated carbocycles. The molecule has 1 saturated heterocycles. The molecule has 1 aromatic rings. The molecule has 0 aromatic heterocycles. The second-order valence-electron chi connectivity index (χ2n) is 10.6. The zero-order valence-electron chi connectivity index (χ0n) is 21.5. The minimum Gasteiger partial charge on any atom is -1.00 e. The molecule has 32 heavy (non-hydrogen) atoms. The third kappa shape index (κ3) is 11.6. The van der Waals surface area contributed by atoms with E-state index in [1.807, 2.05) is 12.1 Å². The van der Waals surface area contributed by atoms with Crippen LogP contribution in [0.3, 0.4) is 0 Å². The molecular formula is C28H52IN3. The standard InChI is InChI=1S/C28H52N3.HI/c1-4-5-6-7-8-9-10-11-12-13-14-15-16-17-24-31(2,3)28-22-23-30(25-28)27-20-18-26(29)19-21-27;/h18-21,28H,4-17,22-25,29H2,1-3H3;1H/q+1;/p-1. The number of hydrogen-bond acceptors (Lipinski definition) is 2. The molecule has 0 bridgehead atoms. The Hall–Kier alpha value is -0.490. The normalized spacial score (nSPS) is 16.3. The highest BCUT2D eigenvalue weighted by Crippen LogP contribution is 2.26. The van der Waals surface area contributed by atoms with Gasteiger partial charge in [0.15, 0.2) is 0 Å². The third-order valence-electron chi connectivity index (χ3n) is 7.50. The predicted octanol–water partition coefficient (Wildman–Crippen LogP) is 4.41. The van der Waals surface area contributed by atoms with Gasteiger partial charge >= 0.3 is 0 Å². The molecule has 0 spiro atoms. The quantitative estimate of drug-likeness (QED) is 0.133. The summed E-state index contributed by atoms with van der Waals surface area (Å²) in [7, 11) is 4.89. The van der Waals surface area contributed by atoms with E-state index in [1.54, 1.807) is 0 Å². The highest BCUT2D eigenvalue weighted by atomic mass is 127. The summed E-state index contributed by atoms with van der Waals surface area (Å²) in [5.74, 6) is 0. The molecule has 2 rings (SSSR count). The average molecular weight is 558 g/mol. The van der Waals surface area contributed by atoms with E-state index in [-0.39, 0.29) is 24.0 Å². The first-order valence-corrected chi connectivity index (χ1v) is 13.5. The molecule has 0 amide bonds. The largest absolute Gasteiger partial charge is 1.00 e. The molecule has 4 heteroatoms. The van der Waals surface area contributed by atoms with Crippen molar-refractivity contribution in [2.45, 2.75) is 109 Å². The van der Waals surface area contributed by atoms with Crippen LogP contribution in [0.15, 0.2) is 24.3 Å². The molecule has 2 N–H and O–H groups in total. The number of benzene rings is 1. The first-order chi connectivity index (χ1) is 15.0. The summed E-state index contributed by atoms with van der Waals surface area (Å²) < 4.78 is 1.17. The van der Waals surface area contributed by atoms with Gasteiger partial charge in [-0.25, -0.2) is 0 Å². The molecule has 186 valence electrons. The number of rotatable bonds is 17. The van der Waals surface area contributed by atoms with Gasteiger partial charge in [-0.2, -0.15) is 0 Å². The molecule has 3 nitrogen and oxygen atoms in total. The number of anilines is 2. The number of halogens is 1. The number of nitrogens with zero attached hydrogens (tertiary/aromatic N) is 2. The van der Waals surface area contributed by atoms with Crippen molar-refractivity contribution in [2.75, 3.05) is 44.4 Å². The fraction of sp³-hybridized carbons (Fsp3) is 0.786. The number of nitrogen functional groups attached to an aromatic ring is 1. The highest BCUT2D eigenvalue weighted by Gasteiger charge is 2.34. The monoisotopic (exact) mass is 557 g/mol. The van der Waals surface area contributed by atoms with Crippen LogP contribution < -0.4 is 34.6 Å². The van der Waals surface area contributed by atoms with Gasteiger partial charge in [-0.15, -0.1) is 0 Å². The molecule has 0 radical (unpaired) electrons. The van der Waals surface area contributed by atoms with E-state index in [1.165, 1.54) is 126 Å². The van der Waals surface area contributed by atoms with E-state index in [4.69, 9.17) is 5.73 Å². The van der Waals surface area contributed by atoms with Crippen molar-refractivity contribution >= 4 is 11.4 Å². The van der Waals surface area contributed by atoms with Crippen LogP contribution in [0.25, 0.3) is 0 Å². The van der Waals surface area contributed by atoms with Gasteiger partial charge in [-0.3, -0.25) is 0 Å². The Kier molecular flexibility index (Phi) is 15.7. The predicted molar refractivity (Wildman–Crippen MR) is 139 cm³/mol. The molecule has 1 aromatic carbocycles. The molecular weight excluding hydrogens is 505 g/mol. The lowest BCUT2D eigenvalue weighted by atomic mass is 10.0. The Morgan fingerprint density at radius 3 is 1.75 bits per heavy atom. The summed E-state index contributed by atoms with van der Waals surface area (Å²) in [6.07, 6.45) is 21.4. The van der Waals surface area contributed by atoms with Gasteiger partial charge in [0.2, 0.25) is 0 Å². The summed E-state index contributed by atoms with van der Waals surface area (Å²) in [5.41, 5.74) is 8.03. The van der Waals surface area contributed by atoms with Crippen LogP contribution in [0.4, 0.5) is 11.4 Å². The van der Waals surface area contributed by atoms with Gasteiger partial charge in [0, 0.05) is 24.3 Å². The van der Waals surface area contributed by atoms with Crippen LogP contribution in [0.2, 0.25) is 0 Å². The summed E-state index contributed by atoms with van der Waals surface area (Å²) >= 11 is 0. The van der Waals surface area contributed by atoms with Crippen molar-refractivity contribution in [2.24, 2.45) is 0 Å². The smallest absolute Gasteiger partial charge is 0.108 e. The van der Waals surface area contributed by atoms with Crippen molar-refractivity contribution < 1.29 is 28.5 Å². The first-order valence-electron chi connectivity index (χ1n) is 13.5. The lowest BCUT2D eigenvalue weighted by molar-refractivity contribution is -0.912. The van der Waals surface area contributed by atoms with Gasteiger partial charge in [0.1, 0.15) is 6.04 Å². The van der Waals surface area contributed by atoms with Crippen LogP contribution >= 0.6 is 0 Å². The van der Waals surface area contributed by atoms with E-state index in [0.29, 0.717) is 0 Å². The van der Waals surface area contributed by atoms with Crippen LogP contribution in [0.5, 0.6) is 0 Å². The van der Waals surface area contributed by atoms with E-state index < -0.39 is 0 Å². The van der Waals surface area contributed by atoms with Gasteiger partial charge in [-0.1, -0.05) is 84.0 Å². The number of quaternary nitrogens is 1. The second-order valence-corrected chi connectivity index (χ2v) is 10.6. The van der Waals surface area contributed by atoms with E-state index in [2.05, 4.69) is 38.1 Å². The van der Waals surface area contributed by atoms with Gasteiger partial charge < -0.3 is 39.1 Å². The Morgan fingerprint density at radius 2 is 1.25 bits per heavy atom. The van der Waals surface area contributed by atoms with Crippen LogP contribution in [0, 0.1) is 0 Å². The third-order valence-corrected chi connectivity index (χ3v) is 7.50. The van der Waals surface area contributed by atoms with Crippen molar-refractivity contribution in [3.05, 3.63) is 24.3 Å². The first kappa shape index (κ1) is 29.5. The summed E-state index contributed by atoms with van der Waals surface area (Å²) in [5, 5.41) is 0. The topological polar surface area (TPSA) is 29.3 Å². The minimum atomic E-state index is 0. The van der Waals surface area contributed by atoms with E-state index in [9.17, 15) is 0 Å². The lowest BCUT2D eigenvalue weighted by Crippen LogP contribution is -3.00. The summed E-state index contributed by atoms with van der Waals surface area (Å²) in [6.45, 7) is 5.97. The number of likely N-dealkylation sites (N-methyl/N-ethyl adjacent to an activating group) is 1. The van der Waals surface area contributed by atoms with Crippen molar-refractivity contribution in [3.8, 4) is 0 Å². The maximum atomic E-state index is 5.84. The number of hydrogen-bond donors (Lipinski definition) is 1. The molecule has 1 unspecified atom stereocenters. The zero-order valence-corrected chi connectivity index (χ0v) is 23.6. The molecule has 1 atom stereocenters. The Bertz CT molecular complexity index is 573. The maximum Gasteiger partial charge on any atom is 0.108 e. The van der Waals surface area contributed by atoms with Crippen molar-refractivity contribution in [1.29, 1.82) is 0 Å². The van der Waals surface area contributed by atoms with E-state index >= 15 is 0 Å². The van der Waals surface area contributed by atoms with Crippen LogP contribution in [-0.4, -0.2) is 44.3 Å². The van der Waals surface area contributed by atoms with Crippen LogP contribution in [-0.2, 0) is 0 Å². The van der Waals surface area contributed by atoms with Gasteiger partial charge in [0.25, 0.3) is 0 Å². The fourth-order valence-electron chi connectivity index (χ4n) is 5.13. The van der Waals surface area contributed by atoms with Crippen molar-refractivity contribution in [1.82, 2.24) is 0 Å². The Balaban J connectivity index is 0.00000512. The lowest BCUT2D eigenvalue weighted by Gasteiger charge is -2.36. The molecule has 0 aliphatic carbocycles. The van der Waals surface area contributed by atoms with Gasteiger partial charge in [-0.05, 0) is 37.1 Å². The Morgan fingerprint density at radius 1 is 0.781 bits per heavy atom. The van der Waals surface area contributed by atoms with Crippen molar-refractivity contribution in [3.63, 3.8) is 0 Å². The second kappa shape index (κ2) is 17.0. The van der Waals surface area contributed by atoms with Crippen LogP contribution in [0.1, 0.15) is 103 Å². The average Bonchev–Trinajstić information content (AvgIpc) is 3.26. The Labute approximate surface area is 217 Å². The molecule has 1 aliphatic heterocycles. The maximum absolute atomic E-state index is 5.84. The SMILES string of the molecule is CCCCCCCCCCCCCCCC[N+](C)(C)C1CCN(c2ccc(N)cc2)C1.[I-]. The fourth-order valence-corrected chi connectivity index (χ4v) is 5.13. The number of unbranched alkanes of at least 4 members (excludes halogenated alkanes) is 13. The summed E-state index contributed by atoms with van der Waals surface area (Å²) in [6, 6.07) is 9.14. The van der Waals surface area contributed by atoms with Gasteiger partial charge in [0.05, 0.1) is 27.2 Å². The van der Waals surface area contributed by atoms with E-state index in [0.717, 1.165) is 11.7 Å². The molecule has 1 heterocycles. The number of nitrogens with two attached hydrogens (primary N) is 1. The zero-order chi connectivity index (χ0) is 22.4. The molecule has 1 fully saturated rings.